The molecule has 0 aliphatic carbocycles. The summed E-state index contributed by atoms with van der Waals surface area (Å²) in [6.07, 6.45) is 3.20. The van der Waals surface area contributed by atoms with Gasteiger partial charge in [0, 0.05) is 17.3 Å². The summed E-state index contributed by atoms with van der Waals surface area (Å²) in [6, 6.07) is 4.24. The fraction of sp³-hybridized carbons (Fsp3) is 0.182. The third-order valence-electron chi connectivity index (χ3n) is 2.25. The van der Waals surface area contributed by atoms with Crippen LogP contribution in [-0.4, -0.2) is 15.0 Å². The van der Waals surface area contributed by atoms with Crippen molar-refractivity contribution in [2.75, 3.05) is 5.32 Å². The van der Waals surface area contributed by atoms with Crippen LogP contribution in [0.2, 0.25) is 0 Å². The first-order valence-corrected chi connectivity index (χ1v) is 6.38. The standard InChI is InChI=1S/C11H12N4S2/c1-7(8-3-2-6-17-8)15-11-9(10(12)16)13-4-5-14-11/h2-7H,1H3,(H2,12,16)(H,14,15). The normalized spacial score (nSPS) is 12.1. The molecule has 88 valence electrons. The fourth-order valence-corrected chi connectivity index (χ4v) is 2.32. The molecule has 3 N–H and O–H groups in total. The number of thiophene rings is 1. The van der Waals surface area contributed by atoms with E-state index in [9.17, 15) is 0 Å². The fourth-order valence-electron chi connectivity index (χ4n) is 1.44. The number of hydrogen-bond acceptors (Lipinski definition) is 5. The predicted molar refractivity (Wildman–Crippen MR) is 74.3 cm³/mol. The van der Waals surface area contributed by atoms with E-state index in [1.54, 1.807) is 23.7 Å². The minimum atomic E-state index is 0.153. The Morgan fingerprint density at radius 1 is 1.47 bits per heavy atom. The molecule has 6 heteroatoms. The van der Waals surface area contributed by atoms with Crippen molar-refractivity contribution in [3.63, 3.8) is 0 Å². The van der Waals surface area contributed by atoms with E-state index in [1.807, 2.05) is 11.4 Å². The molecule has 0 bridgehead atoms. The maximum Gasteiger partial charge on any atom is 0.155 e. The van der Waals surface area contributed by atoms with Crippen LogP contribution in [0.25, 0.3) is 0 Å². The molecule has 0 saturated carbocycles. The van der Waals surface area contributed by atoms with Crippen molar-refractivity contribution in [1.82, 2.24) is 9.97 Å². The van der Waals surface area contributed by atoms with Crippen molar-refractivity contribution in [2.45, 2.75) is 13.0 Å². The zero-order valence-electron chi connectivity index (χ0n) is 9.25. The highest BCUT2D eigenvalue weighted by atomic mass is 32.1. The first kappa shape index (κ1) is 11.9. The number of aromatic nitrogens is 2. The van der Waals surface area contributed by atoms with Crippen LogP contribution in [0, 0.1) is 0 Å². The number of rotatable bonds is 4. The van der Waals surface area contributed by atoms with E-state index in [0.717, 1.165) is 0 Å². The van der Waals surface area contributed by atoms with Crippen LogP contribution in [0.1, 0.15) is 23.5 Å². The van der Waals surface area contributed by atoms with Gasteiger partial charge in [-0.15, -0.1) is 11.3 Å². The van der Waals surface area contributed by atoms with E-state index in [0.29, 0.717) is 11.5 Å². The molecular weight excluding hydrogens is 252 g/mol. The Kier molecular flexibility index (Phi) is 3.65. The first-order chi connectivity index (χ1) is 8.18. The average Bonchev–Trinajstić information content (AvgIpc) is 2.83. The lowest BCUT2D eigenvalue weighted by Crippen LogP contribution is -2.17. The van der Waals surface area contributed by atoms with Gasteiger partial charge in [-0.1, -0.05) is 18.3 Å². The Bertz CT molecular complexity index is 510. The zero-order chi connectivity index (χ0) is 12.3. The summed E-state index contributed by atoms with van der Waals surface area (Å²) in [5.74, 6) is 0.626. The van der Waals surface area contributed by atoms with Crippen molar-refractivity contribution in [3.05, 3.63) is 40.5 Å². The molecule has 2 heterocycles. The first-order valence-electron chi connectivity index (χ1n) is 5.09. The molecule has 1 atom stereocenters. The molecule has 0 fully saturated rings. The monoisotopic (exact) mass is 264 g/mol. The largest absolute Gasteiger partial charge is 0.388 e. The van der Waals surface area contributed by atoms with Crippen LogP contribution >= 0.6 is 23.6 Å². The van der Waals surface area contributed by atoms with Gasteiger partial charge in [0.05, 0.1) is 6.04 Å². The van der Waals surface area contributed by atoms with Crippen molar-refractivity contribution in [1.29, 1.82) is 0 Å². The van der Waals surface area contributed by atoms with Crippen LogP contribution in [0.15, 0.2) is 29.9 Å². The van der Waals surface area contributed by atoms with Crippen LogP contribution in [0.3, 0.4) is 0 Å². The molecule has 17 heavy (non-hydrogen) atoms. The highest BCUT2D eigenvalue weighted by Gasteiger charge is 2.12. The molecule has 1 unspecified atom stereocenters. The summed E-state index contributed by atoms with van der Waals surface area (Å²) < 4.78 is 0. The Labute approximate surface area is 109 Å². The molecule has 4 nitrogen and oxygen atoms in total. The Morgan fingerprint density at radius 2 is 2.24 bits per heavy atom. The molecule has 0 aliphatic heterocycles. The van der Waals surface area contributed by atoms with Crippen LogP contribution < -0.4 is 11.1 Å². The number of thiocarbonyl (C=S) groups is 1. The Morgan fingerprint density at radius 3 is 2.88 bits per heavy atom. The average molecular weight is 264 g/mol. The SMILES string of the molecule is CC(Nc1nccnc1C(N)=S)c1cccs1. The molecule has 2 aromatic heterocycles. The van der Waals surface area contributed by atoms with Gasteiger partial charge in [0.1, 0.15) is 10.7 Å². The van der Waals surface area contributed by atoms with Crippen LogP contribution in [0.5, 0.6) is 0 Å². The van der Waals surface area contributed by atoms with Gasteiger partial charge in [-0.3, -0.25) is 0 Å². The molecule has 0 aromatic carbocycles. The predicted octanol–water partition coefficient (Wildman–Crippen LogP) is 2.35. The Hall–Kier alpha value is -1.53. The molecule has 0 spiro atoms. The third-order valence-corrected chi connectivity index (χ3v) is 3.50. The quantitative estimate of drug-likeness (QED) is 0.830. The summed E-state index contributed by atoms with van der Waals surface area (Å²) in [4.78, 5) is 9.81. The second-order valence-corrected chi connectivity index (χ2v) is 4.92. The summed E-state index contributed by atoms with van der Waals surface area (Å²) in [6.45, 7) is 2.06. The second kappa shape index (κ2) is 5.20. The lowest BCUT2D eigenvalue weighted by Gasteiger charge is -2.14. The lowest BCUT2D eigenvalue weighted by molar-refractivity contribution is 0.891. The van der Waals surface area contributed by atoms with Crippen molar-refractivity contribution >= 4 is 34.4 Å². The van der Waals surface area contributed by atoms with Gasteiger partial charge < -0.3 is 11.1 Å². The Balaban J connectivity index is 2.21. The lowest BCUT2D eigenvalue weighted by atomic mass is 10.2. The molecule has 2 rings (SSSR count). The molecular formula is C11H12N4S2. The van der Waals surface area contributed by atoms with E-state index in [2.05, 4.69) is 28.3 Å². The summed E-state index contributed by atoms with van der Waals surface area (Å²) in [5.41, 5.74) is 6.13. The molecule has 0 amide bonds. The zero-order valence-corrected chi connectivity index (χ0v) is 10.9. The summed E-state index contributed by atoms with van der Waals surface area (Å²) in [7, 11) is 0. The summed E-state index contributed by atoms with van der Waals surface area (Å²) in [5, 5.41) is 5.30. The van der Waals surface area contributed by atoms with Gasteiger partial charge in [-0.05, 0) is 18.4 Å². The molecule has 0 radical (unpaired) electrons. The van der Waals surface area contributed by atoms with Gasteiger partial charge in [0.15, 0.2) is 5.82 Å². The van der Waals surface area contributed by atoms with Crippen molar-refractivity contribution in [3.8, 4) is 0 Å². The highest BCUT2D eigenvalue weighted by molar-refractivity contribution is 7.80. The molecule has 0 saturated heterocycles. The van der Waals surface area contributed by atoms with E-state index in [-0.39, 0.29) is 11.0 Å². The minimum Gasteiger partial charge on any atom is -0.388 e. The smallest absolute Gasteiger partial charge is 0.155 e. The number of hydrogen-bond donors (Lipinski definition) is 2. The van der Waals surface area contributed by atoms with Gasteiger partial charge >= 0.3 is 0 Å². The maximum atomic E-state index is 5.60. The maximum absolute atomic E-state index is 5.60. The topological polar surface area (TPSA) is 63.8 Å². The number of nitrogens with zero attached hydrogens (tertiary/aromatic N) is 2. The van der Waals surface area contributed by atoms with E-state index in [1.165, 1.54) is 4.88 Å². The highest BCUT2D eigenvalue weighted by Crippen LogP contribution is 2.22. The molecule has 0 aliphatic rings. The van der Waals surface area contributed by atoms with Crippen molar-refractivity contribution in [2.24, 2.45) is 5.73 Å². The van der Waals surface area contributed by atoms with Gasteiger partial charge in [0.2, 0.25) is 0 Å². The summed E-state index contributed by atoms with van der Waals surface area (Å²) >= 11 is 6.63. The van der Waals surface area contributed by atoms with E-state index < -0.39 is 0 Å². The van der Waals surface area contributed by atoms with Gasteiger partial charge in [0.25, 0.3) is 0 Å². The van der Waals surface area contributed by atoms with Gasteiger partial charge in [-0.25, -0.2) is 9.97 Å². The third kappa shape index (κ3) is 2.78. The number of anilines is 1. The van der Waals surface area contributed by atoms with E-state index in [4.69, 9.17) is 18.0 Å². The van der Waals surface area contributed by atoms with Crippen molar-refractivity contribution < 1.29 is 0 Å². The van der Waals surface area contributed by atoms with Gasteiger partial charge in [-0.2, -0.15) is 0 Å². The van der Waals surface area contributed by atoms with Crippen LogP contribution in [0.4, 0.5) is 5.82 Å². The van der Waals surface area contributed by atoms with E-state index >= 15 is 0 Å². The minimum absolute atomic E-state index is 0.153. The van der Waals surface area contributed by atoms with Crippen LogP contribution in [-0.2, 0) is 0 Å². The second-order valence-electron chi connectivity index (χ2n) is 3.50. The number of nitrogens with one attached hydrogen (secondary N) is 1. The molecule has 2 aromatic rings. The number of nitrogens with two attached hydrogens (primary N) is 1.